The van der Waals surface area contributed by atoms with Gasteiger partial charge in [-0.2, -0.15) is 0 Å². The third kappa shape index (κ3) is 2.65. The maximum Gasteiger partial charge on any atom is 0.322 e. The summed E-state index contributed by atoms with van der Waals surface area (Å²) in [7, 11) is 0. The van der Waals surface area contributed by atoms with Gasteiger partial charge in [-0.3, -0.25) is 5.32 Å². The quantitative estimate of drug-likeness (QED) is 0.568. The van der Waals surface area contributed by atoms with Crippen LogP contribution in [0.25, 0.3) is 21.7 Å². The fraction of sp³-hybridized carbons (Fsp3) is 0.0625. The first-order valence-corrected chi connectivity index (χ1v) is 8.51. The van der Waals surface area contributed by atoms with E-state index in [1.54, 1.807) is 12.1 Å². The molecule has 3 heterocycles. The van der Waals surface area contributed by atoms with E-state index in [0.717, 1.165) is 21.5 Å². The van der Waals surface area contributed by atoms with Crippen molar-refractivity contribution in [3.63, 3.8) is 0 Å². The predicted octanol–water partition coefficient (Wildman–Crippen LogP) is 4.47. The van der Waals surface area contributed by atoms with Crippen LogP contribution in [0.5, 0.6) is 11.5 Å². The summed E-state index contributed by atoms with van der Waals surface area (Å²) in [4.78, 5) is 4.51. The summed E-state index contributed by atoms with van der Waals surface area (Å²) in [6.07, 6.45) is 0. The molecule has 0 amide bonds. The minimum absolute atomic E-state index is 0.243. The Bertz CT molecular complexity index is 1040. The van der Waals surface area contributed by atoms with Crippen LogP contribution in [0.2, 0.25) is 5.02 Å². The third-order valence-corrected chi connectivity index (χ3v) is 4.80. The van der Waals surface area contributed by atoms with Crippen LogP contribution in [0.3, 0.4) is 0 Å². The molecular weight excluding hydrogens is 364 g/mol. The second kappa shape index (κ2) is 5.61. The highest BCUT2D eigenvalue weighted by Crippen LogP contribution is 2.39. The van der Waals surface area contributed by atoms with E-state index in [2.05, 4.69) is 20.5 Å². The molecule has 5 rings (SSSR count). The molecule has 1 aliphatic heterocycles. The number of nitrogens with one attached hydrogen (secondary N) is 1. The molecule has 7 nitrogen and oxygen atoms in total. The molecule has 0 aliphatic carbocycles. The number of nitrogens with zero attached hydrogens (tertiary/aromatic N) is 3. The Kier molecular flexibility index (Phi) is 3.25. The molecule has 0 fully saturated rings. The normalized spacial score (nSPS) is 12.7. The zero-order valence-electron chi connectivity index (χ0n) is 12.5. The van der Waals surface area contributed by atoms with E-state index in [4.69, 9.17) is 25.5 Å². The number of anilines is 2. The molecule has 0 saturated heterocycles. The van der Waals surface area contributed by atoms with Crippen LogP contribution in [0.1, 0.15) is 0 Å². The number of fused-ring (bicyclic) bond motifs is 2. The first-order valence-electron chi connectivity index (χ1n) is 7.31. The first-order chi connectivity index (χ1) is 12.2. The summed E-state index contributed by atoms with van der Waals surface area (Å²) in [6.45, 7) is 0.243. The zero-order valence-corrected chi connectivity index (χ0v) is 14.1. The minimum Gasteiger partial charge on any atom is -0.454 e. The third-order valence-electron chi connectivity index (χ3n) is 3.61. The maximum absolute atomic E-state index is 5.88. The van der Waals surface area contributed by atoms with Crippen LogP contribution >= 0.6 is 22.9 Å². The summed E-state index contributed by atoms with van der Waals surface area (Å²) in [5.41, 5.74) is 1.61. The molecule has 0 atom stereocenters. The molecule has 9 heteroatoms. The number of aromatic nitrogens is 3. The molecule has 2 aromatic heterocycles. The van der Waals surface area contributed by atoms with Crippen LogP contribution in [-0.4, -0.2) is 22.0 Å². The Labute approximate surface area is 150 Å². The zero-order chi connectivity index (χ0) is 16.8. The second-order valence-electron chi connectivity index (χ2n) is 5.24. The lowest BCUT2D eigenvalue weighted by Crippen LogP contribution is -1.92. The van der Waals surface area contributed by atoms with Gasteiger partial charge in [0.05, 0.1) is 10.2 Å². The van der Waals surface area contributed by atoms with Crippen molar-refractivity contribution in [1.29, 1.82) is 0 Å². The van der Waals surface area contributed by atoms with Crippen molar-refractivity contribution in [2.45, 2.75) is 0 Å². The fourth-order valence-electron chi connectivity index (χ4n) is 2.45. The Morgan fingerprint density at radius 1 is 1.04 bits per heavy atom. The largest absolute Gasteiger partial charge is 0.454 e. The molecule has 1 N–H and O–H groups in total. The number of halogens is 1. The summed E-state index contributed by atoms with van der Waals surface area (Å²) >= 11 is 7.35. The molecule has 25 heavy (non-hydrogen) atoms. The summed E-state index contributed by atoms with van der Waals surface area (Å²) in [6, 6.07) is 11.2. The highest BCUT2D eigenvalue weighted by molar-refractivity contribution is 7.22. The molecule has 0 spiro atoms. The molecule has 0 bridgehead atoms. The Balaban J connectivity index is 1.42. The molecule has 0 saturated carbocycles. The monoisotopic (exact) mass is 372 g/mol. The van der Waals surface area contributed by atoms with Crippen molar-refractivity contribution in [1.82, 2.24) is 15.2 Å². The van der Waals surface area contributed by atoms with Crippen molar-refractivity contribution in [2.75, 3.05) is 12.1 Å². The molecule has 4 aromatic rings. The van der Waals surface area contributed by atoms with Gasteiger partial charge in [0.2, 0.25) is 12.7 Å². The lowest BCUT2D eigenvalue weighted by Gasteiger charge is -1.95. The van der Waals surface area contributed by atoms with E-state index in [1.165, 1.54) is 11.3 Å². The Morgan fingerprint density at radius 3 is 2.68 bits per heavy atom. The average molecular weight is 373 g/mol. The topological polar surface area (TPSA) is 82.3 Å². The summed E-state index contributed by atoms with van der Waals surface area (Å²) < 4.78 is 17.4. The van der Waals surface area contributed by atoms with Crippen molar-refractivity contribution >= 4 is 44.3 Å². The minimum atomic E-state index is 0.243. The summed E-state index contributed by atoms with van der Waals surface area (Å²) in [5.74, 6) is 1.83. The smallest absolute Gasteiger partial charge is 0.322 e. The fourth-order valence-corrected chi connectivity index (χ4v) is 3.44. The molecule has 0 radical (unpaired) electrons. The van der Waals surface area contributed by atoms with Crippen molar-refractivity contribution in [3.05, 3.63) is 41.4 Å². The van der Waals surface area contributed by atoms with Crippen molar-refractivity contribution in [2.24, 2.45) is 0 Å². The van der Waals surface area contributed by atoms with Gasteiger partial charge < -0.3 is 13.9 Å². The van der Waals surface area contributed by atoms with E-state index in [-0.39, 0.29) is 12.8 Å². The molecule has 124 valence electrons. The first kappa shape index (κ1) is 14.5. The average Bonchev–Trinajstić information content (AvgIpc) is 3.32. The van der Waals surface area contributed by atoms with Gasteiger partial charge in [-0.25, -0.2) is 4.98 Å². The number of benzene rings is 2. The van der Waals surface area contributed by atoms with Gasteiger partial charge in [0, 0.05) is 22.7 Å². The summed E-state index contributed by atoms with van der Waals surface area (Å²) in [5, 5.41) is 12.4. The number of hydrogen-bond acceptors (Lipinski definition) is 8. The van der Waals surface area contributed by atoms with Gasteiger partial charge in [-0.1, -0.05) is 28.0 Å². The second-order valence-corrected chi connectivity index (χ2v) is 6.70. The van der Waals surface area contributed by atoms with Crippen LogP contribution in [0, 0.1) is 0 Å². The van der Waals surface area contributed by atoms with Crippen LogP contribution < -0.4 is 14.8 Å². The number of rotatable bonds is 3. The Morgan fingerprint density at radius 2 is 1.84 bits per heavy atom. The van der Waals surface area contributed by atoms with E-state index in [9.17, 15) is 0 Å². The van der Waals surface area contributed by atoms with Gasteiger partial charge in [-0.15, -0.1) is 5.10 Å². The van der Waals surface area contributed by atoms with Crippen LogP contribution in [-0.2, 0) is 0 Å². The highest BCUT2D eigenvalue weighted by atomic mass is 35.5. The molecule has 1 aliphatic rings. The van der Waals surface area contributed by atoms with Gasteiger partial charge in [0.1, 0.15) is 0 Å². The van der Waals surface area contributed by atoms with E-state index in [1.807, 2.05) is 24.3 Å². The van der Waals surface area contributed by atoms with Gasteiger partial charge in [0.15, 0.2) is 16.6 Å². The van der Waals surface area contributed by atoms with E-state index >= 15 is 0 Å². The lowest BCUT2D eigenvalue weighted by molar-refractivity contribution is 0.174. The van der Waals surface area contributed by atoms with Crippen LogP contribution in [0.4, 0.5) is 11.1 Å². The number of hydrogen-bond donors (Lipinski definition) is 1. The number of ether oxygens (including phenoxy) is 2. The van der Waals surface area contributed by atoms with E-state index in [0.29, 0.717) is 21.8 Å². The van der Waals surface area contributed by atoms with Gasteiger partial charge in [0.25, 0.3) is 0 Å². The van der Waals surface area contributed by atoms with Crippen molar-refractivity contribution in [3.8, 4) is 23.0 Å². The van der Waals surface area contributed by atoms with Crippen molar-refractivity contribution < 1.29 is 13.9 Å². The van der Waals surface area contributed by atoms with Gasteiger partial charge in [-0.05, 0) is 24.3 Å². The number of thiazole rings is 1. The lowest BCUT2D eigenvalue weighted by atomic mass is 10.2. The standard InChI is InChI=1S/C16H9ClN4O3S/c17-9-3-1-8(2-4-9)14-20-21-15(24-14)19-16-18-10-5-11-12(23-7-22-11)6-13(10)25-16/h1-6H,7H2,(H,18,19,21). The molecule has 2 aromatic carbocycles. The highest BCUT2D eigenvalue weighted by Gasteiger charge is 2.17. The Hall–Kier alpha value is -2.84. The van der Waals surface area contributed by atoms with Gasteiger partial charge >= 0.3 is 6.01 Å². The van der Waals surface area contributed by atoms with E-state index < -0.39 is 0 Å². The molecule has 0 unspecified atom stereocenters. The van der Waals surface area contributed by atoms with Crippen LogP contribution in [0.15, 0.2) is 40.8 Å². The SMILES string of the molecule is Clc1ccc(-c2nnc(Nc3nc4cc5c(cc4s3)OCO5)o2)cc1. The maximum atomic E-state index is 5.88. The molecular formula is C16H9ClN4O3S. The predicted molar refractivity (Wildman–Crippen MR) is 93.8 cm³/mol.